The Morgan fingerprint density at radius 1 is 1.12 bits per heavy atom. The number of carbonyl (C=O) groups excluding carboxylic acids is 1. The number of aliphatic carboxylic acids is 1. The Bertz CT molecular complexity index is 1200. The maximum absolute atomic E-state index is 13.2. The molecule has 0 fully saturated rings. The first kappa shape index (κ1) is 23.3. The molecule has 0 radical (unpaired) electrons. The smallest absolute Gasteiger partial charge is 0.435 e. The molecule has 0 spiro atoms. The molecule has 12 heteroatoms. The lowest BCUT2D eigenvalue weighted by molar-refractivity contribution is -0.141. The number of hydrogen-bond acceptors (Lipinski definition) is 5. The molecule has 0 saturated heterocycles. The molecule has 1 heterocycles. The van der Waals surface area contributed by atoms with E-state index in [4.69, 9.17) is 5.11 Å². The van der Waals surface area contributed by atoms with Gasteiger partial charge in [-0.2, -0.15) is 18.3 Å². The van der Waals surface area contributed by atoms with E-state index in [-0.39, 0.29) is 16.3 Å². The van der Waals surface area contributed by atoms with Gasteiger partial charge in [0.05, 0.1) is 22.7 Å². The van der Waals surface area contributed by atoms with Gasteiger partial charge in [0.15, 0.2) is 5.69 Å². The highest BCUT2D eigenvalue weighted by Gasteiger charge is 2.35. The predicted molar refractivity (Wildman–Crippen MR) is 107 cm³/mol. The fourth-order valence-electron chi connectivity index (χ4n) is 2.97. The number of rotatable bonds is 7. The summed E-state index contributed by atoms with van der Waals surface area (Å²) in [5.41, 5.74) is -0.145. The lowest BCUT2D eigenvalue weighted by Crippen LogP contribution is -2.30. The molecule has 1 aromatic carbocycles. The van der Waals surface area contributed by atoms with Crippen LogP contribution in [0.4, 0.5) is 13.2 Å². The molecule has 2 N–H and O–H groups in total. The summed E-state index contributed by atoms with van der Waals surface area (Å²) in [7, 11) is -4.28. The van der Waals surface area contributed by atoms with Crippen LogP contribution in [0.2, 0.25) is 0 Å². The zero-order valence-corrected chi connectivity index (χ0v) is 17.3. The molecule has 0 bridgehead atoms. The van der Waals surface area contributed by atoms with E-state index < -0.39 is 46.6 Å². The fraction of sp³-hybridized carbons (Fsp3) is 0.250. The number of benzene rings is 1. The lowest BCUT2D eigenvalue weighted by atomic mass is 10.0. The highest BCUT2D eigenvalue weighted by atomic mass is 32.2. The van der Waals surface area contributed by atoms with Crippen LogP contribution in [0.25, 0.3) is 11.3 Å². The van der Waals surface area contributed by atoms with Gasteiger partial charge in [-0.15, -0.1) is 0 Å². The molecular weight excluding hydrogens is 451 g/mol. The van der Waals surface area contributed by atoms with E-state index in [1.54, 1.807) is 16.9 Å². The summed E-state index contributed by atoms with van der Waals surface area (Å²) in [6, 6.07) is 5.69. The van der Waals surface area contributed by atoms with E-state index in [2.05, 4.69) is 5.10 Å². The molecule has 3 rings (SSSR count). The lowest BCUT2D eigenvalue weighted by Gasteiger charge is -2.12. The van der Waals surface area contributed by atoms with Crippen molar-refractivity contribution in [3.63, 3.8) is 0 Å². The van der Waals surface area contributed by atoms with Crippen molar-refractivity contribution < 1.29 is 36.3 Å². The summed E-state index contributed by atoms with van der Waals surface area (Å²) >= 11 is 0. The summed E-state index contributed by atoms with van der Waals surface area (Å²) in [6.45, 7) is 0. The second-order valence-corrected chi connectivity index (χ2v) is 8.56. The largest absolute Gasteiger partial charge is 0.481 e. The first-order valence-corrected chi connectivity index (χ1v) is 10.9. The van der Waals surface area contributed by atoms with E-state index in [0.717, 1.165) is 29.3 Å². The highest BCUT2D eigenvalue weighted by Crippen LogP contribution is 2.33. The Kier molecular flexibility index (Phi) is 6.53. The quantitative estimate of drug-likeness (QED) is 0.643. The molecular formula is C20H18F3N3O5S. The van der Waals surface area contributed by atoms with Gasteiger partial charge in [-0.05, 0) is 48.7 Å². The summed E-state index contributed by atoms with van der Waals surface area (Å²) in [6.07, 6.45) is 1.04. The zero-order valence-electron chi connectivity index (χ0n) is 16.5. The molecule has 32 heavy (non-hydrogen) atoms. The topological polar surface area (TPSA) is 118 Å². The Morgan fingerprint density at radius 2 is 1.81 bits per heavy atom. The van der Waals surface area contributed by atoms with Crippen LogP contribution in [0.1, 0.15) is 37.1 Å². The summed E-state index contributed by atoms with van der Waals surface area (Å²) in [5.74, 6) is -2.24. The van der Waals surface area contributed by atoms with Gasteiger partial charge in [-0.25, -0.2) is 17.8 Å². The number of sulfonamides is 1. The van der Waals surface area contributed by atoms with Gasteiger partial charge in [0.2, 0.25) is 5.91 Å². The van der Waals surface area contributed by atoms with Crippen LogP contribution in [0.5, 0.6) is 0 Å². The molecule has 1 aliphatic rings. The molecule has 0 aliphatic heterocycles. The van der Waals surface area contributed by atoms with E-state index in [0.29, 0.717) is 12.0 Å². The van der Waals surface area contributed by atoms with Crippen molar-refractivity contribution in [3.05, 3.63) is 59.9 Å². The van der Waals surface area contributed by atoms with Crippen molar-refractivity contribution in [2.24, 2.45) is 0 Å². The van der Waals surface area contributed by atoms with Gasteiger partial charge in [-0.3, -0.25) is 9.59 Å². The average molecular weight is 469 g/mol. The molecule has 1 aromatic heterocycles. The van der Waals surface area contributed by atoms with Gasteiger partial charge in [0, 0.05) is 6.42 Å². The predicted octanol–water partition coefficient (Wildman–Crippen LogP) is 3.29. The van der Waals surface area contributed by atoms with Gasteiger partial charge in [0.1, 0.15) is 0 Å². The first-order valence-electron chi connectivity index (χ1n) is 9.39. The number of hydrogen-bond donors (Lipinski definition) is 2. The minimum absolute atomic E-state index is 0.187. The summed E-state index contributed by atoms with van der Waals surface area (Å²) in [4.78, 5) is 21.8. The monoisotopic (exact) mass is 469 g/mol. The van der Waals surface area contributed by atoms with Crippen molar-refractivity contribution in [1.29, 1.82) is 0 Å². The molecule has 1 amide bonds. The molecule has 0 atom stereocenters. The Labute approximate surface area is 181 Å². The third-order valence-electron chi connectivity index (χ3n) is 4.50. The fourth-order valence-corrected chi connectivity index (χ4v) is 3.99. The number of carbonyl (C=O) groups is 2. The van der Waals surface area contributed by atoms with Crippen LogP contribution in [-0.4, -0.2) is 35.2 Å². The summed E-state index contributed by atoms with van der Waals surface area (Å²) in [5, 5.41) is 12.2. The molecule has 0 unspecified atom stereocenters. The standard InChI is InChI=1S/C20H18F3N3O5S/c21-20(22,23)17-12-16(13-4-2-1-3-5-13)26(24-17)14-6-8-15(9-7-14)32(30,31)25-18(27)10-11-19(28)29/h2,4-9,12H,1,3,10-11H2,(H,25,27)(H,28,29). The maximum atomic E-state index is 13.2. The van der Waals surface area contributed by atoms with Crippen LogP contribution in [0, 0.1) is 0 Å². The van der Waals surface area contributed by atoms with Crippen LogP contribution in [0.15, 0.2) is 53.5 Å². The summed E-state index contributed by atoms with van der Waals surface area (Å²) < 4.78 is 67.2. The number of alkyl halides is 3. The second kappa shape index (κ2) is 8.99. The number of aromatic nitrogens is 2. The second-order valence-electron chi connectivity index (χ2n) is 6.88. The Morgan fingerprint density at radius 3 is 2.38 bits per heavy atom. The van der Waals surface area contributed by atoms with Crippen LogP contribution < -0.4 is 4.72 Å². The Hall–Kier alpha value is -3.41. The van der Waals surface area contributed by atoms with Crippen molar-refractivity contribution in [2.45, 2.75) is 36.8 Å². The molecule has 2 aromatic rings. The van der Waals surface area contributed by atoms with Gasteiger partial charge >= 0.3 is 12.1 Å². The van der Waals surface area contributed by atoms with Gasteiger partial charge in [0.25, 0.3) is 10.0 Å². The van der Waals surface area contributed by atoms with Crippen LogP contribution in [0.3, 0.4) is 0 Å². The number of amides is 1. The third kappa shape index (κ3) is 5.44. The number of allylic oxidation sites excluding steroid dienone is 4. The van der Waals surface area contributed by atoms with E-state index >= 15 is 0 Å². The molecule has 1 aliphatic carbocycles. The van der Waals surface area contributed by atoms with E-state index in [1.807, 2.05) is 6.08 Å². The van der Waals surface area contributed by atoms with Gasteiger partial charge < -0.3 is 5.11 Å². The van der Waals surface area contributed by atoms with Crippen molar-refractivity contribution in [2.75, 3.05) is 0 Å². The Balaban J connectivity index is 1.91. The van der Waals surface area contributed by atoms with Crippen LogP contribution in [-0.2, 0) is 25.8 Å². The SMILES string of the molecule is O=C(O)CCC(=O)NS(=O)(=O)c1ccc(-n2nc(C(F)(F)F)cc2C2=CCCC=C2)cc1. The minimum Gasteiger partial charge on any atom is -0.481 e. The van der Waals surface area contributed by atoms with Crippen molar-refractivity contribution in [3.8, 4) is 5.69 Å². The van der Waals surface area contributed by atoms with E-state index in [9.17, 15) is 31.2 Å². The average Bonchev–Trinajstić information content (AvgIpc) is 3.19. The number of carboxylic acids is 1. The molecule has 0 saturated carbocycles. The number of nitrogens with zero attached hydrogens (tertiary/aromatic N) is 2. The number of carboxylic acid groups (broad SMARTS) is 1. The van der Waals surface area contributed by atoms with Gasteiger partial charge in [-0.1, -0.05) is 18.2 Å². The number of nitrogens with one attached hydrogen (secondary N) is 1. The molecule has 170 valence electrons. The van der Waals surface area contributed by atoms with E-state index in [1.165, 1.54) is 12.1 Å². The normalized spacial score (nSPS) is 14.2. The van der Waals surface area contributed by atoms with Crippen molar-refractivity contribution >= 4 is 27.5 Å². The van der Waals surface area contributed by atoms with Crippen molar-refractivity contribution in [1.82, 2.24) is 14.5 Å². The maximum Gasteiger partial charge on any atom is 0.435 e. The van der Waals surface area contributed by atoms with Crippen LogP contribution >= 0.6 is 0 Å². The minimum atomic E-state index is -4.66. The third-order valence-corrected chi connectivity index (χ3v) is 5.89. The molecule has 8 nitrogen and oxygen atoms in total. The number of halogens is 3. The first-order chi connectivity index (χ1) is 15.0. The zero-order chi connectivity index (χ0) is 23.5. The highest BCUT2D eigenvalue weighted by molar-refractivity contribution is 7.90.